The minimum Gasteiger partial charge on any atom is -0.493 e. The van der Waals surface area contributed by atoms with Gasteiger partial charge in [-0.3, -0.25) is 9.10 Å². The third-order valence-electron chi connectivity index (χ3n) is 4.66. The van der Waals surface area contributed by atoms with E-state index in [2.05, 4.69) is 21.2 Å². The normalized spacial score (nSPS) is 11.0. The summed E-state index contributed by atoms with van der Waals surface area (Å²) in [5.41, 5.74) is 1.75. The largest absolute Gasteiger partial charge is 0.493 e. The Labute approximate surface area is 196 Å². The van der Waals surface area contributed by atoms with Gasteiger partial charge in [0, 0.05) is 16.2 Å². The van der Waals surface area contributed by atoms with Crippen LogP contribution in [0.15, 0.2) is 76.1 Å². The minimum absolute atomic E-state index is 0.0991. The minimum atomic E-state index is -3.99. The van der Waals surface area contributed by atoms with Crippen LogP contribution >= 0.6 is 15.9 Å². The number of hydrogen-bond acceptors (Lipinski definition) is 5. The van der Waals surface area contributed by atoms with E-state index in [1.54, 1.807) is 54.6 Å². The van der Waals surface area contributed by atoms with Gasteiger partial charge >= 0.3 is 0 Å². The highest BCUT2D eigenvalue weighted by Crippen LogP contribution is 2.30. The van der Waals surface area contributed by atoms with Crippen molar-refractivity contribution in [2.75, 3.05) is 30.4 Å². The van der Waals surface area contributed by atoms with Crippen molar-refractivity contribution < 1.29 is 22.7 Å². The molecule has 0 saturated carbocycles. The quantitative estimate of drug-likeness (QED) is 0.470. The molecule has 0 radical (unpaired) electrons. The van der Waals surface area contributed by atoms with Crippen LogP contribution in [-0.2, 0) is 14.8 Å². The van der Waals surface area contributed by atoms with Crippen LogP contribution in [0.2, 0.25) is 0 Å². The number of carbonyl (C=O) groups excluding carboxylic acids is 1. The molecule has 1 amide bonds. The molecule has 7 nitrogen and oxygen atoms in total. The molecule has 9 heteroatoms. The Kier molecular flexibility index (Phi) is 7.42. The smallest absolute Gasteiger partial charge is 0.264 e. The monoisotopic (exact) mass is 518 g/mol. The second-order valence-corrected chi connectivity index (χ2v) is 9.70. The molecule has 0 atom stereocenters. The Hall–Kier alpha value is -3.04. The fourth-order valence-corrected chi connectivity index (χ4v) is 4.83. The zero-order chi connectivity index (χ0) is 23.3. The molecule has 0 heterocycles. The maximum absolute atomic E-state index is 13.4. The van der Waals surface area contributed by atoms with Crippen LogP contribution in [-0.4, -0.2) is 35.1 Å². The number of methoxy groups -OCH3 is 2. The third kappa shape index (κ3) is 5.41. The van der Waals surface area contributed by atoms with Gasteiger partial charge in [-0.2, -0.15) is 0 Å². The summed E-state index contributed by atoms with van der Waals surface area (Å²) >= 11 is 3.36. The second kappa shape index (κ2) is 10.1. The van der Waals surface area contributed by atoms with Crippen molar-refractivity contribution >= 4 is 43.2 Å². The van der Waals surface area contributed by atoms with E-state index < -0.39 is 22.5 Å². The van der Waals surface area contributed by atoms with Crippen LogP contribution in [0, 0.1) is 6.92 Å². The lowest BCUT2D eigenvalue weighted by molar-refractivity contribution is -0.114. The van der Waals surface area contributed by atoms with Crippen LogP contribution in [0.1, 0.15) is 5.56 Å². The van der Waals surface area contributed by atoms with Gasteiger partial charge in [0.05, 0.1) is 24.8 Å². The number of halogens is 1. The summed E-state index contributed by atoms with van der Waals surface area (Å²) in [5, 5.41) is 2.72. The van der Waals surface area contributed by atoms with Crippen LogP contribution in [0.3, 0.4) is 0 Å². The van der Waals surface area contributed by atoms with E-state index in [1.165, 1.54) is 26.4 Å². The molecular formula is C23H23BrN2O5S. The molecule has 3 rings (SSSR count). The van der Waals surface area contributed by atoms with E-state index in [1.807, 2.05) is 6.92 Å². The van der Waals surface area contributed by atoms with Crippen molar-refractivity contribution in [3.05, 3.63) is 76.8 Å². The third-order valence-corrected chi connectivity index (χ3v) is 6.94. The summed E-state index contributed by atoms with van der Waals surface area (Å²) in [6.07, 6.45) is 0. The Morgan fingerprint density at radius 2 is 1.66 bits per heavy atom. The Balaban J connectivity index is 1.92. The predicted octanol–water partition coefficient (Wildman–Crippen LogP) is 4.61. The first-order valence-electron chi connectivity index (χ1n) is 9.61. The lowest BCUT2D eigenvalue weighted by Gasteiger charge is -2.24. The number of nitrogens with one attached hydrogen (secondary N) is 1. The molecule has 3 aromatic carbocycles. The Bertz CT molecular complexity index is 1210. The number of sulfonamides is 1. The van der Waals surface area contributed by atoms with E-state index in [9.17, 15) is 13.2 Å². The molecule has 0 aliphatic heterocycles. The van der Waals surface area contributed by atoms with Crippen LogP contribution in [0.5, 0.6) is 11.5 Å². The SMILES string of the molecule is COc1ccc(NC(=O)CN(c2cccc(Br)c2)S(=O)(=O)c2ccc(C)cc2)cc1OC. The Morgan fingerprint density at radius 1 is 0.969 bits per heavy atom. The first kappa shape index (κ1) is 23.6. The highest BCUT2D eigenvalue weighted by Gasteiger charge is 2.27. The molecule has 32 heavy (non-hydrogen) atoms. The first-order chi connectivity index (χ1) is 15.2. The number of anilines is 2. The van der Waals surface area contributed by atoms with Gasteiger partial charge in [0.15, 0.2) is 11.5 Å². The maximum atomic E-state index is 13.4. The topological polar surface area (TPSA) is 84.9 Å². The summed E-state index contributed by atoms with van der Waals surface area (Å²) in [4.78, 5) is 13.0. The lowest BCUT2D eigenvalue weighted by atomic mass is 10.2. The van der Waals surface area contributed by atoms with E-state index >= 15 is 0 Å². The second-order valence-electron chi connectivity index (χ2n) is 6.92. The summed E-state index contributed by atoms with van der Waals surface area (Å²) in [7, 11) is -0.983. The number of nitrogens with zero attached hydrogens (tertiary/aromatic N) is 1. The molecule has 0 aliphatic rings. The lowest BCUT2D eigenvalue weighted by Crippen LogP contribution is -2.38. The zero-order valence-electron chi connectivity index (χ0n) is 17.8. The maximum Gasteiger partial charge on any atom is 0.264 e. The van der Waals surface area contributed by atoms with E-state index in [0.717, 1.165) is 9.87 Å². The van der Waals surface area contributed by atoms with Crippen molar-refractivity contribution in [3.63, 3.8) is 0 Å². The highest BCUT2D eigenvalue weighted by atomic mass is 79.9. The fourth-order valence-electron chi connectivity index (χ4n) is 3.03. The molecule has 0 unspecified atom stereocenters. The van der Waals surface area contributed by atoms with E-state index in [4.69, 9.17) is 9.47 Å². The summed E-state index contributed by atoms with van der Waals surface area (Å²) in [6, 6.07) is 18.2. The number of aryl methyl sites for hydroxylation is 1. The zero-order valence-corrected chi connectivity index (χ0v) is 20.2. The number of benzene rings is 3. The van der Waals surface area contributed by atoms with Crippen LogP contribution in [0.25, 0.3) is 0 Å². The van der Waals surface area contributed by atoms with E-state index in [-0.39, 0.29) is 4.90 Å². The number of ether oxygens (including phenoxy) is 2. The molecule has 0 aliphatic carbocycles. The molecular weight excluding hydrogens is 496 g/mol. The standard InChI is InChI=1S/C23H23BrN2O5S/c1-16-7-10-20(11-8-16)32(28,29)26(19-6-4-5-17(24)13-19)15-23(27)25-18-9-12-21(30-2)22(14-18)31-3/h4-14H,15H2,1-3H3,(H,25,27). The van der Waals surface area contributed by atoms with Gasteiger partial charge in [0.25, 0.3) is 10.0 Å². The van der Waals surface area contributed by atoms with Crippen molar-refractivity contribution in [1.29, 1.82) is 0 Å². The molecule has 0 fully saturated rings. The molecule has 1 N–H and O–H groups in total. The average Bonchev–Trinajstić information content (AvgIpc) is 2.77. The summed E-state index contributed by atoms with van der Waals surface area (Å²) in [6.45, 7) is 1.46. The molecule has 0 aromatic heterocycles. The fraction of sp³-hybridized carbons (Fsp3) is 0.174. The van der Waals surface area contributed by atoms with Gasteiger partial charge < -0.3 is 14.8 Å². The van der Waals surface area contributed by atoms with Crippen LogP contribution < -0.4 is 19.1 Å². The van der Waals surface area contributed by atoms with Gasteiger partial charge in [-0.15, -0.1) is 0 Å². The number of amides is 1. The number of carbonyl (C=O) groups is 1. The number of hydrogen-bond donors (Lipinski definition) is 1. The molecule has 3 aromatic rings. The molecule has 168 valence electrons. The molecule has 0 bridgehead atoms. The van der Waals surface area contributed by atoms with Gasteiger partial charge in [0.2, 0.25) is 5.91 Å². The van der Waals surface area contributed by atoms with Gasteiger partial charge in [-0.1, -0.05) is 39.7 Å². The van der Waals surface area contributed by atoms with Crippen molar-refractivity contribution in [2.24, 2.45) is 0 Å². The van der Waals surface area contributed by atoms with Gasteiger partial charge in [0.1, 0.15) is 6.54 Å². The first-order valence-corrected chi connectivity index (χ1v) is 11.8. The highest BCUT2D eigenvalue weighted by molar-refractivity contribution is 9.10. The van der Waals surface area contributed by atoms with Crippen molar-refractivity contribution in [2.45, 2.75) is 11.8 Å². The van der Waals surface area contributed by atoms with Crippen molar-refractivity contribution in [3.8, 4) is 11.5 Å². The summed E-state index contributed by atoms with van der Waals surface area (Å²) < 4.78 is 39.1. The van der Waals surface area contributed by atoms with Crippen LogP contribution in [0.4, 0.5) is 11.4 Å². The summed E-state index contributed by atoms with van der Waals surface area (Å²) in [5.74, 6) is 0.456. The molecule has 0 saturated heterocycles. The Morgan fingerprint density at radius 3 is 2.28 bits per heavy atom. The van der Waals surface area contributed by atoms with Gasteiger partial charge in [-0.25, -0.2) is 8.42 Å². The van der Waals surface area contributed by atoms with Crippen molar-refractivity contribution in [1.82, 2.24) is 0 Å². The van der Waals surface area contributed by atoms with Gasteiger partial charge in [-0.05, 0) is 49.4 Å². The predicted molar refractivity (Wildman–Crippen MR) is 128 cm³/mol. The number of rotatable bonds is 8. The van der Waals surface area contributed by atoms with E-state index in [0.29, 0.717) is 27.3 Å². The average molecular weight is 519 g/mol. The molecule has 0 spiro atoms.